The second kappa shape index (κ2) is 3.31. The molecule has 80 valence electrons. The SMILES string of the molecule is NCc1ncn(-c2cncc3nnnn23)n1. The van der Waals surface area contributed by atoms with E-state index in [-0.39, 0.29) is 6.54 Å². The first-order valence-corrected chi connectivity index (χ1v) is 4.51. The molecule has 0 atom stereocenters. The fourth-order valence-corrected chi connectivity index (χ4v) is 1.32. The summed E-state index contributed by atoms with van der Waals surface area (Å²) >= 11 is 0. The van der Waals surface area contributed by atoms with Crippen LogP contribution in [0, 0.1) is 0 Å². The van der Waals surface area contributed by atoms with E-state index in [1.165, 1.54) is 9.20 Å². The minimum absolute atomic E-state index is 0.284. The lowest BCUT2D eigenvalue weighted by atomic mass is 10.6. The molecule has 3 aromatic rings. The number of nitrogens with zero attached hydrogens (tertiary/aromatic N) is 8. The van der Waals surface area contributed by atoms with Crippen LogP contribution in [0.4, 0.5) is 0 Å². The maximum Gasteiger partial charge on any atom is 0.199 e. The third-order valence-electron chi connectivity index (χ3n) is 2.05. The molecule has 0 spiro atoms. The highest BCUT2D eigenvalue weighted by Gasteiger charge is 2.07. The summed E-state index contributed by atoms with van der Waals surface area (Å²) < 4.78 is 3.04. The highest BCUT2D eigenvalue weighted by molar-refractivity contribution is 5.36. The van der Waals surface area contributed by atoms with E-state index >= 15 is 0 Å². The second-order valence-electron chi connectivity index (χ2n) is 3.02. The predicted molar refractivity (Wildman–Crippen MR) is 51.4 cm³/mol. The molecule has 0 radical (unpaired) electrons. The standard InChI is InChI=1S/C7H7N9/c8-1-5-10-4-15(12-5)7-3-9-2-6-11-13-14-16(6)7/h2-4H,1,8H2. The molecular formula is C7H7N9. The van der Waals surface area contributed by atoms with Crippen molar-refractivity contribution in [3.05, 3.63) is 24.5 Å². The van der Waals surface area contributed by atoms with Crippen molar-refractivity contribution < 1.29 is 0 Å². The van der Waals surface area contributed by atoms with Crippen LogP contribution in [0.3, 0.4) is 0 Å². The van der Waals surface area contributed by atoms with Gasteiger partial charge in [0.25, 0.3) is 0 Å². The molecule has 0 bridgehead atoms. The van der Waals surface area contributed by atoms with Crippen molar-refractivity contribution in [2.45, 2.75) is 6.54 Å². The van der Waals surface area contributed by atoms with Gasteiger partial charge in [-0.1, -0.05) is 0 Å². The van der Waals surface area contributed by atoms with Crippen LogP contribution >= 0.6 is 0 Å². The average molecular weight is 217 g/mol. The quantitative estimate of drug-likeness (QED) is 0.559. The molecule has 3 rings (SSSR count). The molecule has 0 unspecified atom stereocenters. The van der Waals surface area contributed by atoms with Crippen LogP contribution in [0.5, 0.6) is 0 Å². The summed E-state index contributed by atoms with van der Waals surface area (Å²) in [5, 5.41) is 15.3. The van der Waals surface area contributed by atoms with E-state index in [2.05, 4.69) is 30.6 Å². The Morgan fingerprint density at radius 1 is 1.31 bits per heavy atom. The van der Waals surface area contributed by atoms with Gasteiger partial charge in [0.2, 0.25) is 0 Å². The lowest BCUT2D eigenvalue weighted by molar-refractivity contribution is 0.735. The lowest BCUT2D eigenvalue weighted by Crippen LogP contribution is -2.06. The topological polar surface area (TPSA) is 113 Å². The Kier molecular flexibility index (Phi) is 1.83. The maximum absolute atomic E-state index is 5.43. The molecule has 2 N–H and O–H groups in total. The monoisotopic (exact) mass is 217 g/mol. The average Bonchev–Trinajstić information content (AvgIpc) is 2.97. The fraction of sp³-hybridized carbons (Fsp3) is 0.143. The third kappa shape index (κ3) is 1.22. The van der Waals surface area contributed by atoms with Gasteiger partial charge in [-0.3, -0.25) is 4.98 Å². The number of hydrogen-bond acceptors (Lipinski definition) is 7. The smallest absolute Gasteiger partial charge is 0.199 e. The molecule has 0 aliphatic rings. The summed E-state index contributed by atoms with van der Waals surface area (Å²) in [5.74, 6) is 1.15. The van der Waals surface area contributed by atoms with Gasteiger partial charge in [-0.15, -0.1) is 10.2 Å². The summed E-state index contributed by atoms with van der Waals surface area (Å²) in [5.41, 5.74) is 5.98. The van der Waals surface area contributed by atoms with Gasteiger partial charge in [0.1, 0.15) is 6.33 Å². The zero-order valence-corrected chi connectivity index (χ0v) is 8.09. The summed E-state index contributed by atoms with van der Waals surface area (Å²) in [7, 11) is 0. The molecule has 3 aromatic heterocycles. The Hall–Kier alpha value is -2.42. The Morgan fingerprint density at radius 3 is 3.06 bits per heavy atom. The van der Waals surface area contributed by atoms with Crippen LogP contribution < -0.4 is 5.73 Å². The van der Waals surface area contributed by atoms with Gasteiger partial charge in [-0.2, -0.15) is 4.52 Å². The van der Waals surface area contributed by atoms with E-state index in [9.17, 15) is 0 Å². The summed E-state index contributed by atoms with van der Waals surface area (Å²) in [4.78, 5) is 8.03. The maximum atomic E-state index is 5.43. The lowest BCUT2D eigenvalue weighted by Gasteiger charge is -2.00. The molecule has 0 saturated heterocycles. The van der Waals surface area contributed by atoms with Crippen LogP contribution in [0.15, 0.2) is 18.7 Å². The Labute approximate surface area is 88.9 Å². The van der Waals surface area contributed by atoms with Gasteiger partial charge < -0.3 is 5.73 Å². The number of hydrogen-bond donors (Lipinski definition) is 1. The fourth-order valence-electron chi connectivity index (χ4n) is 1.32. The number of rotatable bonds is 2. The van der Waals surface area contributed by atoms with Gasteiger partial charge in [0.05, 0.1) is 18.9 Å². The molecule has 3 heterocycles. The molecule has 9 heteroatoms. The molecule has 0 amide bonds. The van der Waals surface area contributed by atoms with Crippen molar-refractivity contribution in [2.75, 3.05) is 0 Å². The molecule has 16 heavy (non-hydrogen) atoms. The summed E-state index contributed by atoms with van der Waals surface area (Å²) in [6.07, 6.45) is 4.70. The van der Waals surface area contributed by atoms with Gasteiger partial charge in [0.15, 0.2) is 17.3 Å². The zero-order chi connectivity index (χ0) is 11.0. The van der Waals surface area contributed by atoms with Gasteiger partial charge in [0, 0.05) is 0 Å². The molecular weight excluding hydrogens is 210 g/mol. The number of nitrogens with two attached hydrogens (primary N) is 1. The van der Waals surface area contributed by atoms with Crippen molar-refractivity contribution in [3.63, 3.8) is 0 Å². The molecule has 9 nitrogen and oxygen atoms in total. The third-order valence-corrected chi connectivity index (χ3v) is 2.05. The molecule has 0 saturated carbocycles. The van der Waals surface area contributed by atoms with Crippen LogP contribution in [0.1, 0.15) is 5.82 Å². The van der Waals surface area contributed by atoms with E-state index in [1.54, 1.807) is 18.7 Å². The van der Waals surface area contributed by atoms with E-state index in [4.69, 9.17) is 5.73 Å². The minimum atomic E-state index is 0.284. The van der Waals surface area contributed by atoms with E-state index in [0.29, 0.717) is 17.3 Å². The summed E-state index contributed by atoms with van der Waals surface area (Å²) in [6.45, 7) is 0.284. The van der Waals surface area contributed by atoms with E-state index < -0.39 is 0 Å². The Balaban J connectivity index is 2.21. The Morgan fingerprint density at radius 2 is 2.25 bits per heavy atom. The predicted octanol–water partition coefficient (Wildman–Crippen LogP) is -1.44. The highest BCUT2D eigenvalue weighted by atomic mass is 15.5. The van der Waals surface area contributed by atoms with Crippen molar-refractivity contribution in [1.82, 2.24) is 39.8 Å². The number of tetrazole rings is 1. The summed E-state index contributed by atoms with van der Waals surface area (Å²) in [6, 6.07) is 0. The van der Waals surface area contributed by atoms with Crippen LogP contribution in [-0.2, 0) is 6.54 Å². The highest BCUT2D eigenvalue weighted by Crippen LogP contribution is 2.04. The number of fused-ring (bicyclic) bond motifs is 1. The molecule has 0 aliphatic heterocycles. The zero-order valence-electron chi connectivity index (χ0n) is 8.09. The number of aromatic nitrogens is 8. The van der Waals surface area contributed by atoms with Gasteiger partial charge >= 0.3 is 0 Å². The minimum Gasteiger partial charge on any atom is -0.324 e. The van der Waals surface area contributed by atoms with Crippen LogP contribution in [0.25, 0.3) is 11.5 Å². The van der Waals surface area contributed by atoms with Crippen LogP contribution in [0.2, 0.25) is 0 Å². The molecule has 0 aromatic carbocycles. The first kappa shape index (κ1) is 8.85. The largest absolute Gasteiger partial charge is 0.324 e. The van der Waals surface area contributed by atoms with Crippen molar-refractivity contribution >= 4 is 5.65 Å². The van der Waals surface area contributed by atoms with Crippen molar-refractivity contribution in [3.8, 4) is 5.82 Å². The molecule has 0 aliphatic carbocycles. The second-order valence-corrected chi connectivity index (χ2v) is 3.02. The van der Waals surface area contributed by atoms with Gasteiger partial charge in [-0.05, 0) is 10.4 Å². The van der Waals surface area contributed by atoms with Gasteiger partial charge in [-0.25, -0.2) is 9.67 Å². The first-order chi connectivity index (χ1) is 7.88. The Bertz CT molecular complexity index is 623. The van der Waals surface area contributed by atoms with Crippen molar-refractivity contribution in [1.29, 1.82) is 0 Å². The van der Waals surface area contributed by atoms with Crippen LogP contribution in [-0.4, -0.2) is 39.8 Å². The molecule has 0 fully saturated rings. The van der Waals surface area contributed by atoms with E-state index in [0.717, 1.165) is 0 Å². The normalized spacial score (nSPS) is 11.1. The van der Waals surface area contributed by atoms with Crippen molar-refractivity contribution in [2.24, 2.45) is 5.73 Å². The first-order valence-electron chi connectivity index (χ1n) is 4.51. The van der Waals surface area contributed by atoms with E-state index in [1.807, 2.05) is 0 Å².